The summed E-state index contributed by atoms with van der Waals surface area (Å²) in [5, 5.41) is 0. The van der Waals surface area contributed by atoms with E-state index in [1.165, 1.54) is 5.56 Å². The van der Waals surface area contributed by atoms with Gasteiger partial charge in [0.1, 0.15) is 0 Å². The number of aryl methyl sites for hydroxylation is 1. The minimum Gasteiger partial charge on any atom is -0.228 e. The fourth-order valence-corrected chi connectivity index (χ4v) is 2.13. The highest BCUT2D eigenvalue weighted by Crippen LogP contribution is 2.15. The number of rotatable bonds is 2. The molecule has 19 heavy (non-hydrogen) atoms. The van der Waals surface area contributed by atoms with Gasteiger partial charge in [-0.15, -0.1) is 0 Å². The van der Waals surface area contributed by atoms with Gasteiger partial charge in [0.25, 0.3) is 0 Å². The Morgan fingerprint density at radius 3 is 2.11 bits per heavy atom. The van der Waals surface area contributed by atoms with Gasteiger partial charge in [0.05, 0.1) is 5.69 Å². The Bertz CT molecular complexity index is 594. The van der Waals surface area contributed by atoms with Crippen molar-refractivity contribution in [3.05, 3.63) is 65.7 Å². The zero-order chi connectivity index (χ0) is 13.7. The number of hydrogen-bond acceptors (Lipinski definition) is 1. The molecule has 0 spiro atoms. The quantitative estimate of drug-likeness (QED) is 0.579. The summed E-state index contributed by atoms with van der Waals surface area (Å²) >= 11 is 0. The second-order valence-electron chi connectivity index (χ2n) is 4.50. The summed E-state index contributed by atoms with van der Waals surface area (Å²) in [7, 11) is -0.0300. The van der Waals surface area contributed by atoms with E-state index in [1.807, 2.05) is 42.5 Å². The van der Waals surface area contributed by atoms with Crippen LogP contribution in [-0.2, 0) is 10.7 Å². The smallest absolute Gasteiger partial charge is 0.166 e. The van der Waals surface area contributed by atoms with Gasteiger partial charge in [0, 0.05) is 5.56 Å². The molecule has 0 aliphatic heterocycles. The fraction of sp³-hybridized carbons (Fsp3) is 0.188. The van der Waals surface area contributed by atoms with E-state index < -0.39 is 0 Å². The van der Waals surface area contributed by atoms with Crippen LogP contribution in [0.15, 0.2) is 64.0 Å². The Morgan fingerprint density at radius 2 is 1.53 bits per heavy atom. The molecule has 0 saturated carbocycles. The molecule has 0 bridgehead atoms. The summed E-state index contributed by atoms with van der Waals surface area (Å²) in [5.41, 5.74) is 3.24. The second kappa shape index (κ2) is 6.43. The molecule has 98 valence electrons. The molecule has 0 fully saturated rings. The van der Waals surface area contributed by atoms with Crippen LogP contribution in [0.3, 0.4) is 0 Å². The SMILES string of the molecule is Cc1ccc(N=C(N=S(C)C)c2ccccc2)cc1. The van der Waals surface area contributed by atoms with Crippen LogP contribution in [0.25, 0.3) is 0 Å². The summed E-state index contributed by atoms with van der Waals surface area (Å²) in [6, 6.07) is 18.3. The highest BCUT2D eigenvalue weighted by Gasteiger charge is 2.01. The summed E-state index contributed by atoms with van der Waals surface area (Å²) in [6.07, 6.45) is 4.18. The first kappa shape index (κ1) is 13.7. The van der Waals surface area contributed by atoms with Crippen molar-refractivity contribution >= 4 is 22.2 Å². The minimum atomic E-state index is -0.0300. The highest BCUT2D eigenvalue weighted by atomic mass is 32.2. The molecule has 0 aliphatic carbocycles. The Labute approximate surface area is 117 Å². The van der Waals surface area contributed by atoms with Crippen LogP contribution in [0.4, 0.5) is 5.69 Å². The number of amidine groups is 1. The topological polar surface area (TPSA) is 24.7 Å². The Morgan fingerprint density at radius 1 is 0.895 bits per heavy atom. The standard InChI is InChI=1S/C16H18N2S/c1-13-9-11-15(12-10-13)17-16(18-19(2)3)14-7-5-4-6-8-14/h4-12H,1-3H3. The van der Waals surface area contributed by atoms with Crippen LogP contribution in [-0.4, -0.2) is 18.3 Å². The van der Waals surface area contributed by atoms with Crippen LogP contribution in [0.1, 0.15) is 11.1 Å². The van der Waals surface area contributed by atoms with Gasteiger partial charge in [-0.05, 0) is 31.6 Å². The van der Waals surface area contributed by atoms with E-state index >= 15 is 0 Å². The van der Waals surface area contributed by atoms with E-state index in [-0.39, 0.29) is 10.7 Å². The molecule has 0 aliphatic rings. The van der Waals surface area contributed by atoms with Crippen LogP contribution in [0, 0.1) is 6.92 Å². The number of aliphatic imine (C=N–C) groups is 1. The molecule has 3 heteroatoms. The average molecular weight is 270 g/mol. The van der Waals surface area contributed by atoms with E-state index in [0.29, 0.717) is 0 Å². The van der Waals surface area contributed by atoms with Crippen LogP contribution < -0.4 is 0 Å². The molecule has 0 aromatic heterocycles. The monoisotopic (exact) mass is 270 g/mol. The minimum absolute atomic E-state index is 0.0300. The van der Waals surface area contributed by atoms with Gasteiger partial charge in [0.15, 0.2) is 5.84 Å². The summed E-state index contributed by atoms with van der Waals surface area (Å²) in [5.74, 6) is 0.804. The van der Waals surface area contributed by atoms with E-state index in [0.717, 1.165) is 17.1 Å². The van der Waals surface area contributed by atoms with Crippen molar-refractivity contribution in [2.75, 3.05) is 12.5 Å². The third-order valence-electron chi connectivity index (χ3n) is 2.57. The van der Waals surface area contributed by atoms with Crippen molar-refractivity contribution in [2.24, 2.45) is 9.36 Å². The summed E-state index contributed by atoms with van der Waals surface area (Å²) < 4.78 is 4.64. The lowest BCUT2D eigenvalue weighted by molar-refractivity contribution is 1.41. The second-order valence-corrected chi connectivity index (χ2v) is 6.23. The molecule has 0 N–H and O–H groups in total. The zero-order valence-corrected chi connectivity index (χ0v) is 12.3. The average Bonchev–Trinajstić information content (AvgIpc) is 2.41. The van der Waals surface area contributed by atoms with Gasteiger partial charge >= 0.3 is 0 Å². The number of benzene rings is 2. The van der Waals surface area contributed by atoms with Gasteiger partial charge in [-0.2, -0.15) is 0 Å². The Balaban J connectivity index is 2.44. The largest absolute Gasteiger partial charge is 0.228 e. The maximum Gasteiger partial charge on any atom is 0.166 e. The van der Waals surface area contributed by atoms with E-state index in [2.05, 4.69) is 40.9 Å². The maximum atomic E-state index is 4.67. The predicted octanol–water partition coefficient (Wildman–Crippen LogP) is 4.13. The van der Waals surface area contributed by atoms with Crippen molar-refractivity contribution in [3.8, 4) is 0 Å². The molecule has 0 atom stereocenters. The molecular formula is C16H18N2S. The Hall–Kier alpha value is -1.74. The molecule has 2 aromatic carbocycles. The van der Waals surface area contributed by atoms with Gasteiger partial charge in [-0.25, -0.2) is 9.36 Å². The lowest BCUT2D eigenvalue weighted by atomic mass is 10.2. The molecule has 0 unspecified atom stereocenters. The van der Waals surface area contributed by atoms with Crippen molar-refractivity contribution in [1.82, 2.24) is 0 Å². The van der Waals surface area contributed by atoms with Crippen LogP contribution in [0.5, 0.6) is 0 Å². The molecule has 2 rings (SSSR count). The maximum absolute atomic E-state index is 4.67. The zero-order valence-electron chi connectivity index (χ0n) is 11.5. The van der Waals surface area contributed by atoms with Gasteiger partial charge in [0.2, 0.25) is 0 Å². The lowest BCUT2D eigenvalue weighted by Crippen LogP contribution is -1.98. The van der Waals surface area contributed by atoms with Crippen LogP contribution in [0.2, 0.25) is 0 Å². The first-order valence-corrected chi connectivity index (χ1v) is 8.15. The molecule has 0 saturated heterocycles. The highest BCUT2D eigenvalue weighted by molar-refractivity contribution is 7.86. The normalized spacial score (nSPS) is 11.7. The van der Waals surface area contributed by atoms with E-state index in [9.17, 15) is 0 Å². The fourth-order valence-electron chi connectivity index (χ4n) is 1.64. The summed E-state index contributed by atoms with van der Waals surface area (Å²) in [4.78, 5) is 4.67. The van der Waals surface area contributed by atoms with Crippen molar-refractivity contribution in [1.29, 1.82) is 0 Å². The van der Waals surface area contributed by atoms with Crippen molar-refractivity contribution < 1.29 is 0 Å². The van der Waals surface area contributed by atoms with Crippen LogP contribution >= 0.6 is 0 Å². The third kappa shape index (κ3) is 4.14. The predicted molar refractivity (Wildman–Crippen MR) is 85.5 cm³/mol. The van der Waals surface area contributed by atoms with Gasteiger partial charge in [-0.1, -0.05) is 58.7 Å². The van der Waals surface area contributed by atoms with Crippen molar-refractivity contribution in [2.45, 2.75) is 6.92 Å². The van der Waals surface area contributed by atoms with E-state index in [4.69, 9.17) is 0 Å². The first-order chi connectivity index (χ1) is 9.15. The van der Waals surface area contributed by atoms with Gasteiger partial charge in [-0.3, -0.25) is 0 Å². The number of hydrogen-bond donors (Lipinski definition) is 0. The molecule has 0 radical (unpaired) electrons. The summed E-state index contributed by atoms with van der Waals surface area (Å²) in [6.45, 7) is 2.07. The Kier molecular flexibility index (Phi) is 4.63. The molecular weight excluding hydrogens is 252 g/mol. The molecule has 2 aromatic rings. The first-order valence-electron chi connectivity index (χ1n) is 6.15. The van der Waals surface area contributed by atoms with E-state index in [1.54, 1.807) is 0 Å². The molecule has 0 heterocycles. The molecule has 0 amide bonds. The number of nitrogens with zero attached hydrogens (tertiary/aromatic N) is 2. The van der Waals surface area contributed by atoms with Crippen molar-refractivity contribution in [3.63, 3.8) is 0 Å². The third-order valence-corrected chi connectivity index (χ3v) is 3.11. The lowest BCUT2D eigenvalue weighted by Gasteiger charge is -2.03. The molecule has 2 nitrogen and oxygen atoms in total. The van der Waals surface area contributed by atoms with Gasteiger partial charge < -0.3 is 0 Å².